The van der Waals surface area contributed by atoms with Gasteiger partial charge in [-0.15, -0.1) is 19.8 Å². The third kappa shape index (κ3) is 8.13. The summed E-state index contributed by atoms with van der Waals surface area (Å²) in [6.07, 6.45) is 2.04. The zero-order valence-corrected chi connectivity index (χ0v) is 10.7. The summed E-state index contributed by atoms with van der Waals surface area (Å²) in [7, 11) is -9.86. The molecule has 0 aromatic heterocycles. The van der Waals surface area contributed by atoms with Gasteiger partial charge in [0.05, 0.1) is 13.2 Å². The van der Waals surface area contributed by atoms with Gasteiger partial charge in [0.15, 0.2) is 0 Å². The number of hydrogen-bond donors (Lipinski definition) is 1. The molecule has 0 rings (SSSR count). The third-order valence-corrected chi connectivity index (χ3v) is 4.22. The Morgan fingerprint density at radius 2 is 1.75 bits per heavy atom. The fraction of sp³-hybridized carbons (Fsp3) is 0.714. The van der Waals surface area contributed by atoms with E-state index in [-0.39, 0.29) is 19.6 Å². The molecule has 0 saturated heterocycles. The van der Waals surface area contributed by atoms with Crippen molar-refractivity contribution in [2.24, 2.45) is 0 Å². The standard InChI is InChI=1S/C7H15F2NO4P2/c1-3-5-7-14-16(9,12)10-15(8,11)13-6-4-2/h3H,1,4-7H2,2H3,(H,10,11,12). The first-order valence-corrected chi connectivity index (χ1v) is 7.65. The maximum absolute atomic E-state index is 13.0. The van der Waals surface area contributed by atoms with Gasteiger partial charge in [0, 0.05) is 0 Å². The summed E-state index contributed by atoms with van der Waals surface area (Å²) in [5, 5.41) is 0. The lowest BCUT2D eigenvalue weighted by Crippen LogP contribution is -2.07. The molecule has 0 saturated carbocycles. The van der Waals surface area contributed by atoms with Crippen LogP contribution in [-0.2, 0) is 18.2 Å². The number of nitrogens with one attached hydrogen (secondary N) is 1. The summed E-state index contributed by atoms with van der Waals surface area (Å²) >= 11 is 0. The van der Waals surface area contributed by atoms with Crippen LogP contribution in [0.2, 0.25) is 0 Å². The van der Waals surface area contributed by atoms with Crippen LogP contribution < -0.4 is 4.86 Å². The minimum Gasteiger partial charge on any atom is -0.293 e. The molecule has 2 unspecified atom stereocenters. The van der Waals surface area contributed by atoms with E-state index in [1.54, 1.807) is 6.92 Å². The minimum atomic E-state index is -4.94. The maximum Gasteiger partial charge on any atom is 0.452 e. The largest absolute Gasteiger partial charge is 0.452 e. The van der Waals surface area contributed by atoms with Crippen molar-refractivity contribution >= 4 is 15.7 Å². The van der Waals surface area contributed by atoms with Gasteiger partial charge in [-0.1, -0.05) is 13.0 Å². The SMILES string of the molecule is C=CCCOP(=O)(F)NP(=O)(F)OCCC. The van der Waals surface area contributed by atoms with E-state index in [1.165, 1.54) is 6.08 Å². The van der Waals surface area contributed by atoms with E-state index in [2.05, 4.69) is 15.6 Å². The molecule has 1 N–H and O–H groups in total. The average Bonchev–Trinajstić information content (AvgIpc) is 2.13. The summed E-state index contributed by atoms with van der Waals surface area (Å²) in [4.78, 5) is 1.13. The van der Waals surface area contributed by atoms with Crippen LogP contribution in [0.25, 0.3) is 0 Å². The maximum atomic E-state index is 13.0. The Balaban J connectivity index is 4.17. The Morgan fingerprint density at radius 1 is 1.25 bits per heavy atom. The molecule has 0 aromatic rings. The Hall–Kier alpha value is -0.0600. The molecule has 0 amide bonds. The van der Waals surface area contributed by atoms with Crippen molar-refractivity contribution in [3.05, 3.63) is 12.7 Å². The second kappa shape index (κ2) is 7.30. The lowest BCUT2D eigenvalue weighted by Gasteiger charge is -2.13. The second-order valence-electron chi connectivity index (χ2n) is 2.80. The average molecular weight is 277 g/mol. The van der Waals surface area contributed by atoms with Crippen molar-refractivity contribution in [3.63, 3.8) is 0 Å². The molecule has 0 radical (unpaired) electrons. The molecular weight excluding hydrogens is 262 g/mol. The third-order valence-electron chi connectivity index (χ3n) is 1.28. The van der Waals surface area contributed by atoms with Gasteiger partial charge >= 0.3 is 15.7 Å². The predicted octanol–water partition coefficient (Wildman–Crippen LogP) is 3.75. The van der Waals surface area contributed by atoms with E-state index >= 15 is 0 Å². The molecule has 0 aromatic carbocycles. The number of hydrogen-bond acceptors (Lipinski definition) is 4. The molecule has 0 aliphatic carbocycles. The monoisotopic (exact) mass is 277 g/mol. The molecule has 0 aliphatic rings. The fourth-order valence-electron chi connectivity index (χ4n) is 0.663. The van der Waals surface area contributed by atoms with Crippen molar-refractivity contribution in [2.45, 2.75) is 19.8 Å². The van der Waals surface area contributed by atoms with Crippen LogP contribution in [-0.4, -0.2) is 13.2 Å². The number of halogens is 2. The first-order chi connectivity index (χ1) is 7.33. The van der Waals surface area contributed by atoms with Gasteiger partial charge in [0.25, 0.3) is 0 Å². The van der Waals surface area contributed by atoms with Crippen LogP contribution in [0.1, 0.15) is 19.8 Å². The summed E-state index contributed by atoms with van der Waals surface area (Å²) in [5.41, 5.74) is 0. The normalized spacial score (nSPS) is 18.7. The molecular formula is C7H15F2NO4P2. The van der Waals surface area contributed by atoms with Crippen molar-refractivity contribution in [2.75, 3.05) is 13.2 Å². The molecule has 16 heavy (non-hydrogen) atoms. The van der Waals surface area contributed by atoms with Crippen molar-refractivity contribution in [3.8, 4) is 0 Å². The van der Waals surface area contributed by atoms with E-state index in [0.29, 0.717) is 6.42 Å². The van der Waals surface area contributed by atoms with Crippen LogP contribution in [0.15, 0.2) is 12.7 Å². The molecule has 96 valence electrons. The minimum absolute atomic E-state index is 0.173. The molecule has 0 spiro atoms. The van der Waals surface area contributed by atoms with Gasteiger partial charge in [0.1, 0.15) is 0 Å². The molecule has 0 bridgehead atoms. The van der Waals surface area contributed by atoms with E-state index in [1.807, 2.05) is 0 Å². The molecule has 9 heteroatoms. The van der Waals surface area contributed by atoms with Crippen molar-refractivity contribution in [1.29, 1.82) is 0 Å². The smallest absolute Gasteiger partial charge is 0.293 e. The first-order valence-electron chi connectivity index (χ1n) is 4.62. The van der Waals surface area contributed by atoms with Crippen LogP contribution in [0, 0.1) is 0 Å². The van der Waals surface area contributed by atoms with Gasteiger partial charge in [-0.2, -0.15) is 0 Å². The lowest BCUT2D eigenvalue weighted by atomic mass is 10.5. The zero-order chi connectivity index (χ0) is 12.7. The second-order valence-corrected chi connectivity index (χ2v) is 6.04. The summed E-state index contributed by atoms with van der Waals surface area (Å²) in [5.74, 6) is 0. The van der Waals surface area contributed by atoms with E-state index in [0.717, 1.165) is 4.86 Å². The Kier molecular flexibility index (Phi) is 7.27. The fourth-order valence-corrected chi connectivity index (χ4v) is 3.02. The Morgan fingerprint density at radius 3 is 2.19 bits per heavy atom. The van der Waals surface area contributed by atoms with E-state index in [4.69, 9.17) is 0 Å². The summed E-state index contributed by atoms with van der Waals surface area (Å²) in [6.45, 7) is 4.55. The van der Waals surface area contributed by atoms with Crippen molar-refractivity contribution in [1.82, 2.24) is 4.86 Å². The van der Waals surface area contributed by atoms with Gasteiger partial charge < -0.3 is 0 Å². The number of rotatable bonds is 9. The predicted molar refractivity (Wildman–Crippen MR) is 57.6 cm³/mol. The highest BCUT2D eigenvalue weighted by Crippen LogP contribution is 2.58. The van der Waals surface area contributed by atoms with E-state index < -0.39 is 15.7 Å². The van der Waals surface area contributed by atoms with Gasteiger partial charge in [-0.05, 0) is 12.8 Å². The highest BCUT2D eigenvalue weighted by atomic mass is 31.3. The Bertz CT molecular complexity index is 313. The zero-order valence-electron chi connectivity index (χ0n) is 8.90. The Labute approximate surface area is 93.5 Å². The summed E-state index contributed by atoms with van der Waals surface area (Å²) in [6, 6.07) is 0. The van der Waals surface area contributed by atoms with Gasteiger partial charge in [-0.3, -0.25) is 9.05 Å². The summed E-state index contributed by atoms with van der Waals surface area (Å²) < 4.78 is 56.3. The van der Waals surface area contributed by atoms with Crippen LogP contribution in [0.5, 0.6) is 0 Å². The van der Waals surface area contributed by atoms with E-state index in [9.17, 15) is 17.5 Å². The van der Waals surface area contributed by atoms with Crippen molar-refractivity contribution < 1.29 is 26.6 Å². The van der Waals surface area contributed by atoms with Gasteiger partial charge in [0.2, 0.25) is 0 Å². The lowest BCUT2D eigenvalue weighted by molar-refractivity contribution is 0.266. The highest BCUT2D eigenvalue weighted by molar-refractivity contribution is 7.67. The van der Waals surface area contributed by atoms with Crippen LogP contribution >= 0.6 is 15.7 Å². The van der Waals surface area contributed by atoms with Crippen LogP contribution in [0.3, 0.4) is 0 Å². The highest BCUT2D eigenvalue weighted by Gasteiger charge is 2.35. The quantitative estimate of drug-likeness (QED) is 0.395. The van der Waals surface area contributed by atoms with Crippen LogP contribution in [0.4, 0.5) is 8.39 Å². The molecule has 2 atom stereocenters. The first kappa shape index (κ1) is 15.9. The molecule has 0 aliphatic heterocycles. The van der Waals surface area contributed by atoms with Gasteiger partial charge in [-0.25, -0.2) is 9.13 Å². The molecule has 0 fully saturated rings. The topological polar surface area (TPSA) is 64.6 Å². The molecule has 0 heterocycles. The molecule has 5 nitrogen and oxygen atoms in total.